The lowest BCUT2D eigenvalue weighted by atomic mass is 9.97. The largest absolute Gasteiger partial charge is 0.465 e. The zero-order valence-corrected chi connectivity index (χ0v) is 8.64. The second-order valence-electron chi connectivity index (χ2n) is 3.08. The summed E-state index contributed by atoms with van der Waals surface area (Å²) in [5.41, 5.74) is 0.831. The Morgan fingerprint density at radius 2 is 2.13 bits per heavy atom. The molecule has 0 saturated carbocycles. The van der Waals surface area contributed by atoms with Gasteiger partial charge in [-0.3, -0.25) is 4.79 Å². The van der Waals surface area contributed by atoms with E-state index in [2.05, 4.69) is 0 Å². The molecule has 1 aromatic carbocycles. The predicted molar refractivity (Wildman–Crippen MR) is 56.0 cm³/mol. The van der Waals surface area contributed by atoms with Gasteiger partial charge in [-0.15, -0.1) is 0 Å². The Morgan fingerprint density at radius 3 is 2.67 bits per heavy atom. The van der Waals surface area contributed by atoms with Crippen molar-refractivity contribution in [3.05, 3.63) is 35.9 Å². The second-order valence-corrected chi connectivity index (χ2v) is 3.08. The Kier molecular flexibility index (Phi) is 4.36. The maximum absolute atomic E-state index is 11.6. The molecular formula is C12H13NO2. The Bertz CT molecular complexity index is 354. The molecule has 0 fully saturated rings. The molecule has 0 aliphatic heterocycles. The van der Waals surface area contributed by atoms with Crippen LogP contribution in [-0.4, -0.2) is 12.6 Å². The van der Waals surface area contributed by atoms with Crippen LogP contribution in [0.25, 0.3) is 0 Å². The summed E-state index contributed by atoms with van der Waals surface area (Å²) in [6.07, 6.45) is 0.156. The Hall–Kier alpha value is -1.82. The highest BCUT2D eigenvalue weighted by Crippen LogP contribution is 2.20. The number of nitrogens with zero attached hydrogens (tertiary/aromatic N) is 1. The van der Waals surface area contributed by atoms with Crippen molar-refractivity contribution in [2.24, 2.45) is 0 Å². The predicted octanol–water partition coefficient (Wildman–Crippen LogP) is 2.25. The van der Waals surface area contributed by atoms with E-state index >= 15 is 0 Å². The van der Waals surface area contributed by atoms with Gasteiger partial charge in [0.15, 0.2) is 0 Å². The Morgan fingerprint density at radius 1 is 1.47 bits per heavy atom. The van der Waals surface area contributed by atoms with E-state index < -0.39 is 5.92 Å². The molecule has 78 valence electrons. The monoisotopic (exact) mass is 203 g/mol. The molecule has 0 amide bonds. The molecule has 1 atom stereocenters. The van der Waals surface area contributed by atoms with E-state index in [1.165, 1.54) is 0 Å². The van der Waals surface area contributed by atoms with Crippen LogP contribution in [0.4, 0.5) is 0 Å². The molecule has 0 N–H and O–H groups in total. The Balaban J connectivity index is 2.84. The molecular weight excluding hydrogens is 190 g/mol. The van der Waals surface area contributed by atoms with Gasteiger partial charge in [0.25, 0.3) is 0 Å². The van der Waals surface area contributed by atoms with Crippen molar-refractivity contribution in [1.82, 2.24) is 0 Å². The number of carbonyl (C=O) groups excluding carboxylic acids is 1. The van der Waals surface area contributed by atoms with Crippen LogP contribution in [0, 0.1) is 11.3 Å². The molecule has 0 radical (unpaired) electrons. The normalized spacial score (nSPS) is 11.5. The minimum Gasteiger partial charge on any atom is -0.465 e. The van der Waals surface area contributed by atoms with Crippen molar-refractivity contribution in [3.63, 3.8) is 0 Å². The van der Waals surface area contributed by atoms with Crippen molar-refractivity contribution in [1.29, 1.82) is 5.26 Å². The first kappa shape index (κ1) is 11.3. The smallest absolute Gasteiger partial charge is 0.314 e. The fraction of sp³-hybridized carbons (Fsp3) is 0.333. The maximum atomic E-state index is 11.6. The van der Waals surface area contributed by atoms with Crippen LogP contribution < -0.4 is 0 Å². The van der Waals surface area contributed by atoms with Crippen LogP contribution in [0.5, 0.6) is 0 Å². The van der Waals surface area contributed by atoms with Crippen LogP contribution in [-0.2, 0) is 9.53 Å². The van der Waals surface area contributed by atoms with Gasteiger partial charge in [-0.25, -0.2) is 0 Å². The maximum Gasteiger partial charge on any atom is 0.314 e. The molecule has 1 rings (SSSR count). The lowest BCUT2D eigenvalue weighted by Gasteiger charge is -2.12. The van der Waals surface area contributed by atoms with Crippen LogP contribution in [0.2, 0.25) is 0 Å². The van der Waals surface area contributed by atoms with E-state index in [4.69, 9.17) is 10.00 Å². The van der Waals surface area contributed by atoms with Gasteiger partial charge in [0.2, 0.25) is 0 Å². The molecule has 0 aliphatic carbocycles. The number of hydrogen-bond acceptors (Lipinski definition) is 3. The van der Waals surface area contributed by atoms with Crippen LogP contribution in [0.3, 0.4) is 0 Å². The average molecular weight is 203 g/mol. The second kappa shape index (κ2) is 5.82. The molecule has 0 aromatic heterocycles. The van der Waals surface area contributed by atoms with Gasteiger partial charge in [0, 0.05) is 0 Å². The van der Waals surface area contributed by atoms with E-state index in [1.54, 1.807) is 6.92 Å². The number of benzene rings is 1. The molecule has 3 nitrogen and oxygen atoms in total. The molecule has 1 aromatic rings. The zero-order chi connectivity index (χ0) is 11.1. The fourth-order valence-electron chi connectivity index (χ4n) is 1.36. The van der Waals surface area contributed by atoms with Gasteiger partial charge in [-0.2, -0.15) is 5.26 Å². The lowest BCUT2D eigenvalue weighted by molar-refractivity contribution is -0.144. The molecule has 3 heteroatoms. The van der Waals surface area contributed by atoms with Crippen molar-refractivity contribution < 1.29 is 9.53 Å². The molecule has 0 aliphatic rings. The SMILES string of the molecule is CCOC(=O)[C@H](CC#N)c1ccccc1. The van der Waals surface area contributed by atoms with Gasteiger partial charge in [-0.05, 0) is 12.5 Å². The third-order valence-corrected chi connectivity index (χ3v) is 2.07. The van der Waals surface area contributed by atoms with E-state index in [1.807, 2.05) is 36.4 Å². The molecule has 0 unspecified atom stereocenters. The number of nitriles is 1. The summed E-state index contributed by atoms with van der Waals surface area (Å²) < 4.78 is 4.92. The van der Waals surface area contributed by atoms with Gasteiger partial charge in [-0.1, -0.05) is 30.3 Å². The average Bonchev–Trinajstić information content (AvgIpc) is 2.27. The standard InChI is InChI=1S/C12H13NO2/c1-2-15-12(14)11(8-9-13)10-6-4-3-5-7-10/h3-7,11H,2,8H2,1H3/t11-/m1/s1. The highest BCUT2D eigenvalue weighted by molar-refractivity contribution is 5.78. The number of esters is 1. The Labute approximate surface area is 89.3 Å². The third-order valence-electron chi connectivity index (χ3n) is 2.07. The summed E-state index contributed by atoms with van der Waals surface area (Å²) in [5.74, 6) is -0.790. The molecule has 15 heavy (non-hydrogen) atoms. The zero-order valence-electron chi connectivity index (χ0n) is 8.64. The van der Waals surface area contributed by atoms with Crippen LogP contribution in [0.1, 0.15) is 24.8 Å². The highest BCUT2D eigenvalue weighted by atomic mass is 16.5. The van der Waals surface area contributed by atoms with E-state index in [-0.39, 0.29) is 12.4 Å². The number of hydrogen-bond donors (Lipinski definition) is 0. The molecule has 0 spiro atoms. The van der Waals surface area contributed by atoms with Crippen LogP contribution >= 0.6 is 0 Å². The summed E-state index contributed by atoms with van der Waals surface area (Å²) in [4.78, 5) is 11.6. The quantitative estimate of drug-likeness (QED) is 0.705. The third kappa shape index (κ3) is 3.10. The summed E-state index contributed by atoms with van der Waals surface area (Å²) in [7, 11) is 0. The fourth-order valence-corrected chi connectivity index (χ4v) is 1.36. The lowest BCUT2D eigenvalue weighted by Crippen LogP contribution is -2.15. The molecule has 0 heterocycles. The molecule has 0 bridgehead atoms. The first-order valence-electron chi connectivity index (χ1n) is 4.88. The van der Waals surface area contributed by atoms with Gasteiger partial charge in [0.1, 0.15) is 0 Å². The summed E-state index contributed by atoms with van der Waals surface area (Å²) in [5, 5.41) is 8.66. The van der Waals surface area contributed by atoms with Crippen LogP contribution in [0.15, 0.2) is 30.3 Å². The summed E-state index contributed by atoms with van der Waals surface area (Å²) in [6, 6.07) is 11.2. The van der Waals surface area contributed by atoms with Gasteiger partial charge < -0.3 is 4.74 Å². The van der Waals surface area contributed by atoms with Gasteiger partial charge >= 0.3 is 5.97 Å². The first-order valence-corrected chi connectivity index (χ1v) is 4.88. The van der Waals surface area contributed by atoms with Crippen molar-refractivity contribution in [3.8, 4) is 6.07 Å². The topological polar surface area (TPSA) is 50.1 Å². The molecule has 0 saturated heterocycles. The summed E-state index contributed by atoms with van der Waals surface area (Å²) >= 11 is 0. The summed E-state index contributed by atoms with van der Waals surface area (Å²) in [6.45, 7) is 2.10. The number of carbonyl (C=O) groups is 1. The van der Waals surface area contributed by atoms with E-state index in [0.29, 0.717) is 6.61 Å². The van der Waals surface area contributed by atoms with Crippen molar-refractivity contribution in [2.75, 3.05) is 6.61 Å². The van der Waals surface area contributed by atoms with E-state index in [0.717, 1.165) is 5.56 Å². The van der Waals surface area contributed by atoms with Crippen molar-refractivity contribution >= 4 is 5.97 Å². The van der Waals surface area contributed by atoms with Gasteiger partial charge in [0.05, 0.1) is 25.0 Å². The van der Waals surface area contributed by atoms with E-state index in [9.17, 15) is 4.79 Å². The first-order chi connectivity index (χ1) is 7.29. The number of rotatable bonds is 4. The van der Waals surface area contributed by atoms with Crippen molar-refractivity contribution in [2.45, 2.75) is 19.3 Å². The number of ether oxygens (including phenoxy) is 1. The minimum absolute atomic E-state index is 0.156. The minimum atomic E-state index is -0.462. The highest BCUT2D eigenvalue weighted by Gasteiger charge is 2.21.